The van der Waals surface area contributed by atoms with E-state index in [0.717, 1.165) is 32.1 Å². The number of morpholine rings is 1. The summed E-state index contributed by atoms with van der Waals surface area (Å²) in [6.45, 7) is 2.74. The van der Waals surface area contributed by atoms with Gasteiger partial charge < -0.3 is 24.8 Å². The van der Waals surface area contributed by atoms with E-state index in [1.54, 1.807) is 0 Å². The maximum Gasteiger partial charge on any atom is 0.488 e. The van der Waals surface area contributed by atoms with Gasteiger partial charge in [-0.25, -0.2) is 4.39 Å². The summed E-state index contributed by atoms with van der Waals surface area (Å²) in [5.74, 6) is -0.461. The Labute approximate surface area is 117 Å². The zero-order chi connectivity index (χ0) is 14.4. The summed E-state index contributed by atoms with van der Waals surface area (Å²) in [6.07, 6.45) is 1.71. The number of benzene rings is 1. The largest absolute Gasteiger partial charge is 0.491 e. The van der Waals surface area contributed by atoms with Crippen molar-refractivity contribution in [3.63, 3.8) is 0 Å². The standard InChI is InChI=1S/C13H19BFNO4/c15-12-8-10(14(17)18)3-4-13(12)20-6-1-2-11-9-19-7-5-16-11/h3-4,8,11,16-18H,1-2,5-7,9H2. The summed E-state index contributed by atoms with van der Waals surface area (Å²) in [5.41, 5.74) is 0.110. The van der Waals surface area contributed by atoms with Crippen LogP contribution in [0.25, 0.3) is 0 Å². The van der Waals surface area contributed by atoms with Gasteiger partial charge in [0.05, 0.1) is 19.8 Å². The third-order valence-electron chi connectivity index (χ3n) is 3.21. The summed E-state index contributed by atoms with van der Waals surface area (Å²) in [5, 5.41) is 21.2. The Morgan fingerprint density at radius 3 is 2.95 bits per heavy atom. The predicted octanol–water partition coefficient (Wildman–Crippen LogP) is -0.347. The second-order valence-corrected chi connectivity index (χ2v) is 4.78. The van der Waals surface area contributed by atoms with Gasteiger partial charge in [0.15, 0.2) is 11.6 Å². The van der Waals surface area contributed by atoms with Crippen LogP contribution in [-0.4, -0.2) is 49.6 Å². The van der Waals surface area contributed by atoms with Gasteiger partial charge >= 0.3 is 7.12 Å². The Hall–Kier alpha value is -1.15. The average molecular weight is 283 g/mol. The lowest BCUT2D eigenvalue weighted by molar-refractivity contribution is 0.0721. The number of nitrogens with one attached hydrogen (secondary N) is 1. The maximum absolute atomic E-state index is 13.6. The summed E-state index contributed by atoms with van der Waals surface area (Å²) >= 11 is 0. The van der Waals surface area contributed by atoms with Gasteiger partial charge in [-0.2, -0.15) is 0 Å². The molecule has 1 aromatic carbocycles. The summed E-state index contributed by atoms with van der Waals surface area (Å²) in [6, 6.07) is 4.24. The highest BCUT2D eigenvalue weighted by molar-refractivity contribution is 6.58. The van der Waals surface area contributed by atoms with Gasteiger partial charge in [0, 0.05) is 12.6 Å². The van der Waals surface area contributed by atoms with Crippen LogP contribution in [0.15, 0.2) is 18.2 Å². The molecule has 1 unspecified atom stereocenters. The summed E-state index contributed by atoms with van der Waals surface area (Å²) < 4.78 is 24.3. The minimum atomic E-state index is -1.67. The van der Waals surface area contributed by atoms with Gasteiger partial charge in [0.1, 0.15) is 0 Å². The molecule has 1 fully saturated rings. The van der Waals surface area contributed by atoms with Crippen LogP contribution in [0.5, 0.6) is 5.75 Å². The van der Waals surface area contributed by atoms with Crippen LogP contribution in [0.3, 0.4) is 0 Å². The van der Waals surface area contributed by atoms with Crippen molar-refractivity contribution in [3.05, 3.63) is 24.0 Å². The fraction of sp³-hybridized carbons (Fsp3) is 0.538. The van der Waals surface area contributed by atoms with Gasteiger partial charge in [-0.1, -0.05) is 6.07 Å². The predicted molar refractivity (Wildman–Crippen MR) is 73.6 cm³/mol. The molecule has 0 saturated carbocycles. The Kier molecular flexibility index (Phi) is 5.78. The Bertz CT molecular complexity index is 427. The SMILES string of the molecule is OB(O)c1ccc(OCCCC2COCCN2)c(F)c1. The van der Waals surface area contributed by atoms with E-state index in [4.69, 9.17) is 19.5 Å². The Morgan fingerprint density at radius 1 is 1.45 bits per heavy atom. The molecule has 1 aliphatic heterocycles. The summed E-state index contributed by atoms with van der Waals surface area (Å²) in [4.78, 5) is 0. The van der Waals surface area contributed by atoms with E-state index in [1.165, 1.54) is 12.1 Å². The molecule has 5 nitrogen and oxygen atoms in total. The third-order valence-corrected chi connectivity index (χ3v) is 3.21. The topological polar surface area (TPSA) is 71.0 Å². The zero-order valence-electron chi connectivity index (χ0n) is 11.2. The molecule has 0 aromatic heterocycles. The van der Waals surface area contributed by atoms with Crippen LogP contribution in [0.2, 0.25) is 0 Å². The number of hydrogen-bond donors (Lipinski definition) is 3. The highest BCUT2D eigenvalue weighted by Gasteiger charge is 2.15. The molecule has 20 heavy (non-hydrogen) atoms. The first-order valence-electron chi connectivity index (χ1n) is 6.76. The first kappa shape index (κ1) is 15.2. The van der Waals surface area contributed by atoms with Crippen molar-refractivity contribution in [2.45, 2.75) is 18.9 Å². The van der Waals surface area contributed by atoms with Crippen LogP contribution >= 0.6 is 0 Å². The minimum absolute atomic E-state index is 0.110. The van der Waals surface area contributed by atoms with E-state index in [-0.39, 0.29) is 11.2 Å². The minimum Gasteiger partial charge on any atom is -0.491 e. The van der Waals surface area contributed by atoms with Crippen molar-refractivity contribution in [2.75, 3.05) is 26.4 Å². The molecular weight excluding hydrogens is 264 g/mol. The first-order chi connectivity index (χ1) is 9.66. The number of rotatable bonds is 6. The number of hydrogen-bond acceptors (Lipinski definition) is 5. The van der Waals surface area contributed by atoms with E-state index in [1.807, 2.05) is 0 Å². The van der Waals surface area contributed by atoms with Crippen molar-refractivity contribution < 1.29 is 23.9 Å². The van der Waals surface area contributed by atoms with Gasteiger partial charge in [0.25, 0.3) is 0 Å². The number of ether oxygens (including phenoxy) is 2. The molecule has 3 N–H and O–H groups in total. The molecule has 0 aliphatic carbocycles. The zero-order valence-corrected chi connectivity index (χ0v) is 11.2. The highest BCUT2D eigenvalue weighted by Crippen LogP contribution is 2.15. The molecule has 1 atom stereocenters. The lowest BCUT2D eigenvalue weighted by atomic mass is 9.80. The lowest BCUT2D eigenvalue weighted by Gasteiger charge is -2.23. The van der Waals surface area contributed by atoms with E-state index < -0.39 is 12.9 Å². The highest BCUT2D eigenvalue weighted by atomic mass is 19.1. The van der Waals surface area contributed by atoms with E-state index in [0.29, 0.717) is 19.3 Å². The van der Waals surface area contributed by atoms with Crippen LogP contribution < -0.4 is 15.5 Å². The van der Waals surface area contributed by atoms with Gasteiger partial charge in [0.2, 0.25) is 0 Å². The molecule has 0 spiro atoms. The van der Waals surface area contributed by atoms with E-state index >= 15 is 0 Å². The van der Waals surface area contributed by atoms with Crippen LogP contribution in [0.4, 0.5) is 4.39 Å². The molecule has 0 radical (unpaired) electrons. The molecule has 2 rings (SSSR count). The fourth-order valence-corrected chi connectivity index (χ4v) is 2.11. The second-order valence-electron chi connectivity index (χ2n) is 4.78. The third kappa shape index (κ3) is 4.45. The molecule has 0 bridgehead atoms. The van der Waals surface area contributed by atoms with Crippen molar-refractivity contribution in [3.8, 4) is 5.75 Å². The Balaban J connectivity index is 1.73. The molecule has 1 aromatic rings. The number of halogens is 1. The van der Waals surface area contributed by atoms with Crippen molar-refractivity contribution in [1.29, 1.82) is 0 Å². The fourth-order valence-electron chi connectivity index (χ4n) is 2.11. The van der Waals surface area contributed by atoms with Crippen molar-refractivity contribution in [2.24, 2.45) is 0 Å². The quantitative estimate of drug-likeness (QED) is 0.492. The van der Waals surface area contributed by atoms with Crippen molar-refractivity contribution >= 4 is 12.6 Å². The van der Waals surface area contributed by atoms with Gasteiger partial charge in [-0.05, 0) is 30.4 Å². The van der Waals surface area contributed by atoms with Gasteiger partial charge in [-0.15, -0.1) is 0 Å². The molecule has 1 saturated heterocycles. The first-order valence-corrected chi connectivity index (χ1v) is 6.76. The lowest BCUT2D eigenvalue weighted by Crippen LogP contribution is -2.41. The molecule has 110 valence electrons. The van der Waals surface area contributed by atoms with Crippen LogP contribution in [-0.2, 0) is 4.74 Å². The van der Waals surface area contributed by atoms with E-state index in [2.05, 4.69) is 5.32 Å². The Morgan fingerprint density at radius 2 is 2.30 bits per heavy atom. The monoisotopic (exact) mass is 283 g/mol. The van der Waals surface area contributed by atoms with Crippen LogP contribution in [0.1, 0.15) is 12.8 Å². The molecule has 0 amide bonds. The molecular formula is C13H19BFNO4. The van der Waals surface area contributed by atoms with E-state index in [9.17, 15) is 4.39 Å². The molecule has 1 heterocycles. The van der Waals surface area contributed by atoms with Crippen LogP contribution in [0, 0.1) is 5.82 Å². The smallest absolute Gasteiger partial charge is 0.488 e. The summed E-state index contributed by atoms with van der Waals surface area (Å²) in [7, 11) is -1.67. The average Bonchev–Trinajstić information content (AvgIpc) is 2.46. The van der Waals surface area contributed by atoms with Crippen molar-refractivity contribution in [1.82, 2.24) is 5.32 Å². The molecule has 1 aliphatic rings. The molecule has 7 heteroatoms. The second kappa shape index (κ2) is 7.59. The van der Waals surface area contributed by atoms with Gasteiger partial charge in [-0.3, -0.25) is 0 Å². The normalized spacial score (nSPS) is 18.9. The maximum atomic E-state index is 13.6.